The second kappa shape index (κ2) is 10.9. The average molecular weight is 461 g/mol. The van der Waals surface area contributed by atoms with E-state index in [1.165, 1.54) is 0 Å². The lowest BCUT2D eigenvalue weighted by atomic mass is 9.98. The van der Waals surface area contributed by atoms with Crippen LogP contribution in [0.15, 0.2) is 0 Å². The van der Waals surface area contributed by atoms with Gasteiger partial charge in [-0.05, 0) is 0 Å². The molecule has 2 fully saturated rings. The molecule has 0 spiro atoms. The minimum absolute atomic E-state index is 0.431. The van der Waals surface area contributed by atoms with Crippen molar-refractivity contribution in [3.05, 3.63) is 0 Å². The first kappa shape index (κ1) is 25.0. The number of rotatable bonds is 8. The molecular weight excluding hydrogens is 438 g/mol. The number of ether oxygens (including phenoxy) is 7. The van der Waals surface area contributed by atoms with E-state index in [1.54, 1.807) is 0 Å². The van der Waals surface area contributed by atoms with E-state index in [4.69, 9.17) is 28.4 Å². The molecule has 0 saturated carbocycles. The summed E-state index contributed by atoms with van der Waals surface area (Å²) >= 11 is 0. The van der Waals surface area contributed by atoms with Crippen LogP contribution in [-0.2, 0) is 57.1 Å². The molecule has 178 valence electrons. The Bertz CT molecular complexity index is 781. The standard InChI is InChI=1S/C18H23NO13/c1-7(20)26-6-12-13(28-8(2)21)14(29-9(3)22)15(30-10(4)23)17(31-12)27-5-11-16(24)32-18(25)19-11/h11-15,17H,5-6H2,1-4H3,(H,19,25). The molecule has 2 rings (SSSR count). The van der Waals surface area contributed by atoms with E-state index in [1.807, 2.05) is 0 Å². The molecule has 14 nitrogen and oxygen atoms in total. The number of amides is 1. The van der Waals surface area contributed by atoms with Gasteiger partial charge in [-0.15, -0.1) is 0 Å². The van der Waals surface area contributed by atoms with E-state index in [9.17, 15) is 28.8 Å². The molecule has 2 aliphatic heterocycles. The Morgan fingerprint density at radius 1 is 0.812 bits per heavy atom. The molecule has 2 saturated heterocycles. The van der Waals surface area contributed by atoms with Crippen molar-refractivity contribution in [2.24, 2.45) is 0 Å². The van der Waals surface area contributed by atoms with Gasteiger partial charge in [0.2, 0.25) is 0 Å². The van der Waals surface area contributed by atoms with Gasteiger partial charge in [0.25, 0.3) is 0 Å². The third-order valence-electron chi connectivity index (χ3n) is 4.15. The lowest BCUT2D eigenvalue weighted by molar-refractivity contribution is -0.308. The van der Waals surface area contributed by atoms with E-state index < -0.39 is 85.9 Å². The summed E-state index contributed by atoms with van der Waals surface area (Å²) in [7, 11) is 0. The summed E-state index contributed by atoms with van der Waals surface area (Å²) in [5.74, 6) is -3.96. The molecule has 6 atom stereocenters. The summed E-state index contributed by atoms with van der Waals surface area (Å²) in [5.41, 5.74) is 0. The highest BCUT2D eigenvalue weighted by Crippen LogP contribution is 2.30. The first-order chi connectivity index (χ1) is 15.0. The molecule has 0 bridgehead atoms. The number of esters is 5. The molecule has 0 aromatic heterocycles. The van der Waals surface area contributed by atoms with Crippen LogP contribution in [0.25, 0.3) is 0 Å². The van der Waals surface area contributed by atoms with E-state index in [0.717, 1.165) is 27.7 Å². The largest absolute Gasteiger partial charge is 0.463 e. The summed E-state index contributed by atoms with van der Waals surface area (Å²) in [6, 6.07) is -1.17. The van der Waals surface area contributed by atoms with Crippen LogP contribution in [0.1, 0.15) is 27.7 Å². The van der Waals surface area contributed by atoms with Gasteiger partial charge in [0.1, 0.15) is 12.7 Å². The first-order valence-electron chi connectivity index (χ1n) is 9.42. The highest BCUT2D eigenvalue weighted by Gasteiger charge is 2.53. The molecule has 1 amide bonds. The smallest absolute Gasteiger partial charge is 0.415 e. The first-order valence-corrected chi connectivity index (χ1v) is 9.42. The molecule has 0 aromatic rings. The number of alkyl carbamates (subject to hydrolysis) is 1. The summed E-state index contributed by atoms with van der Waals surface area (Å²) in [5, 5.41) is 2.21. The lowest BCUT2D eigenvalue weighted by Gasteiger charge is -2.44. The topological polar surface area (TPSA) is 179 Å². The van der Waals surface area contributed by atoms with Crippen molar-refractivity contribution in [3.63, 3.8) is 0 Å². The van der Waals surface area contributed by atoms with Crippen LogP contribution in [0.2, 0.25) is 0 Å². The molecule has 32 heavy (non-hydrogen) atoms. The number of hydrogen-bond donors (Lipinski definition) is 1. The highest BCUT2D eigenvalue weighted by atomic mass is 16.7. The average Bonchev–Trinajstić information content (AvgIpc) is 2.98. The second-order valence-electron chi connectivity index (χ2n) is 6.81. The van der Waals surface area contributed by atoms with Crippen LogP contribution in [0.5, 0.6) is 0 Å². The molecular formula is C18H23NO13. The van der Waals surface area contributed by atoms with Gasteiger partial charge in [-0.3, -0.25) is 19.2 Å². The summed E-state index contributed by atoms with van der Waals surface area (Å²) < 4.78 is 36.1. The van der Waals surface area contributed by atoms with Crippen LogP contribution in [0.4, 0.5) is 4.79 Å². The zero-order valence-corrected chi connectivity index (χ0v) is 17.7. The molecule has 14 heteroatoms. The Morgan fingerprint density at radius 3 is 1.88 bits per heavy atom. The van der Waals surface area contributed by atoms with Crippen molar-refractivity contribution in [1.82, 2.24) is 5.32 Å². The lowest BCUT2D eigenvalue weighted by Crippen LogP contribution is -2.63. The van der Waals surface area contributed by atoms with Gasteiger partial charge >= 0.3 is 35.9 Å². The van der Waals surface area contributed by atoms with Gasteiger partial charge in [-0.25, -0.2) is 9.59 Å². The van der Waals surface area contributed by atoms with Crippen molar-refractivity contribution in [2.75, 3.05) is 13.2 Å². The highest BCUT2D eigenvalue weighted by molar-refractivity contribution is 5.95. The van der Waals surface area contributed by atoms with E-state index in [0.29, 0.717) is 0 Å². The normalized spacial score (nSPS) is 29.4. The number of cyclic esters (lactones) is 2. The molecule has 2 aliphatic rings. The van der Waals surface area contributed by atoms with E-state index in [2.05, 4.69) is 10.1 Å². The third-order valence-corrected chi connectivity index (χ3v) is 4.15. The Kier molecular flexibility index (Phi) is 8.48. The van der Waals surface area contributed by atoms with Crippen LogP contribution >= 0.6 is 0 Å². The molecule has 6 unspecified atom stereocenters. The number of nitrogens with one attached hydrogen (secondary N) is 1. The molecule has 0 aromatic carbocycles. The third kappa shape index (κ3) is 6.88. The van der Waals surface area contributed by atoms with Gasteiger partial charge in [0, 0.05) is 27.7 Å². The van der Waals surface area contributed by atoms with Gasteiger partial charge in [-0.1, -0.05) is 0 Å². The molecule has 0 aliphatic carbocycles. The monoisotopic (exact) mass is 461 g/mol. The number of carbonyl (C=O) groups excluding carboxylic acids is 6. The predicted molar refractivity (Wildman–Crippen MR) is 96.3 cm³/mol. The summed E-state index contributed by atoms with van der Waals surface area (Å²) in [6.45, 7) is 3.48. The van der Waals surface area contributed by atoms with Crippen molar-refractivity contribution >= 4 is 35.9 Å². The van der Waals surface area contributed by atoms with Gasteiger partial charge in [0.15, 0.2) is 30.6 Å². The van der Waals surface area contributed by atoms with E-state index in [-0.39, 0.29) is 0 Å². The van der Waals surface area contributed by atoms with Crippen molar-refractivity contribution in [2.45, 2.75) is 64.4 Å². The maximum absolute atomic E-state index is 11.7. The van der Waals surface area contributed by atoms with Crippen LogP contribution in [0.3, 0.4) is 0 Å². The maximum atomic E-state index is 11.7. The minimum atomic E-state index is -1.47. The minimum Gasteiger partial charge on any atom is -0.463 e. The van der Waals surface area contributed by atoms with Crippen molar-refractivity contribution < 1.29 is 61.9 Å². The SMILES string of the molecule is CC(=O)OCC1OC(OCC2NC(=O)OC2=O)C(OC(C)=O)C(OC(C)=O)C1OC(C)=O. The molecule has 1 N–H and O–H groups in total. The fourth-order valence-electron chi connectivity index (χ4n) is 3.02. The Labute approximate surface area is 181 Å². The van der Waals surface area contributed by atoms with Crippen molar-refractivity contribution in [3.8, 4) is 0 Å². The fraction of sp³-hybridized carbons (Fsp3) is 0.667. The summed E-state index contributed by atoms with van der Waals surface area (Å²) in [6.07, 6.45) is -7.83. The van der Waals surface area contributed by atoms with Gasteiger partial charge in [0.05, 0.1) is 6.61 Å². The van der Waals surface area contributed by atoms with Crippen molar-refractivity contribution in [1.29, 1.82) is 0 Å². The number of hydrogen-bond acceptors (Lipinski definition) is 13. The van der Waals surface area contributed by atoms with Crippen LogP contribution in [-0.4, -0.2) is 85.9 Å². The van der Waals surface area contributed by atoms with E-state index >= 15 is 0 Å². The quantitative estimate of drug-likeness (QED) is 0.257. The molecule has 0 radical (unpaired) electrons. The Morgan fingerprint density at radius 2 is 1.38 bits per heavy atom. The zero-order valence-electron chi connectivity index (χ0n) is 17.7. The zero-order chi connectivity index (χ0) is 24.0. The molecule has 2 heterocycles. The summed E-state index contributed by atoms with van der Waals surface area (Å²) in [4.78, 5) is 69.2. The maximum Gasteiger partial charge on any atom is 0.415 e. The Hall–Kier alpha value is -3.26. The van der Waals surface area contributed by atoms with Gasteiger partial charge in [-0.2, -0.15) is 0 Å². The number of carbonyl (C=O) groups is 6. The van der Waals surface area contributed by atoms with Crippen LogP contribution in [0, 0.1) is 0 Å². The Balaban J connectivity index is 2.32. The second-order valence-corrected chi connectivity index (χ2v) is 6.81. The fourth-order valence-corrected chi connectivity index (χ4v) is 3.02. The van der Waals surface area contributed by atoms with Gasteiger partial charge < -0.3 is 38.5 Å². The van der Waals surface area contributed by atoms with Crippen LogP contribution < -0.4 is 5.32 Å². The predicted octanol–water partition coefficient (Wildman–Crippen LogP) is -1.28.